The Balaban J connectivity index is 1.51. The van der Waals surface area contributed by atoms with Gasteiger partial charge in [0.05, 0.1) is 23.1 Å². The topological polar surface area (TPSA) is 79.4 Å². The van der Waals surface area contributed by atoms with E-state index in [9.17, 15) is 0 Å². The second-order valence-electron chi connectivity index (χ2n) is 5.91. The van der Waals surface area contributed by atoms with E-state index >= 15 is 0 Å². The van der Waals surface area contributed by atoms with Crippen LogP contribution in [0.4, 0.5) is 11.6 Å². The zero-order valence-electron chi connectivity index (χ0n) is 13.7. The molecule has 0 aliphatic carbocycles. The molecule has 0 bridgehead atoms. The van der Waals surface area contributed by atoms with Gasteiger partial charge in [0.2, 0.25) is 5.95 Å². The predicted octanol–water partition coefficient (Wildman–Crippen LogP) is 4.31. The second-order valence-corrected chi connectivity index (χ2v) is 5.91. The summed E-state index contributed by atoms with van der Waals surface area (Å²) >= 11 is 0. The Morgan fingerprint density at radius 3 is 2.85 bits per heavy atom. The summed E-state index contributed by atoms with van der Waals surface area (Å²) in [5.41, 5.74) is 4.47. The molecule has 0 unspecified atom stereocenters. The number of nitrogens with zero attached hydrogens (tertiary/aromatic N) is 4. The van der Waals surface area contributed by atoms with Crippen molar-refractivity contribution in [1.82, 2.24) is 24.9 Å². The number of rotatable bonds is 3. The van der Waals surface area contributed by atoms with Gasteiger partial charge >= 0.3 is 0 Å². The molecule has 6 nitrogen and oxygen atoms in total. The van der Waals surface area contributed by atoms with Crippen LogP contribution in [-0.4, -0.2) is 24.9 Å². The number of benzene rings is 1. The highest BCUT2D eigenvalue weighted by Gasteiger charge is 2.09. The van der Waals surface area contributed by atoms with Crippen molar-refractivity contribution in [3.05, 3.63) is 73.3 Å². The number of para-hydroxylation sites is 1. The van der Waals surface area contributed by atoms with E-state index in [0.29, 0.717) is 5.95 Å². The summed E-state index contributed by atoms with van der Waals surface area (Å²) in [6.45, 7) is 0. The number of H-pyrrole nitrogens is 1. The average Bonchev–Trinajstić information content (AvgIpc) is 3.12. The van der Waals surface area contributed by atoms with Crippen molar-refractivity contribution in [2.24, 2.45) is 0 Å². The average molecular weight is 338 g/mol. The van der Waals surface area contributed by atoms with Gasteiger partial charge in [0, 0.05) is 34.9 Å². The molecule has 0 radical (unpaired) electrons. The van der Waals surface area contributed by atoms with Crippen molar-refractivity contribution in [3.63, 3.8) is 0 Å². The molecule has 0 fully saturated rings. The standard InChI is InChI=1S/C20H14N6/c1-2-6-17-13(4-1)10-14(11-23-17)25-20-22-9-7-18(26-20)16-12-24-19-15(16)5-3-8-21-19/h1-12H,(H,21,24)(H,22,25,26). The van der Waals surface area contributed by atoms with E-state index in [4.69, 9.17) is 0 Å². The molecule has 0 saturated carbocycles. The lowest BCUT2D eigenvalue weighted by molar-refractivity contribution is 1.17. The first kappa shape index (κ1) is 14.5. The molecule has 4 heterocycles. The number of anilines is 2. The molecule has 5 rings (SSSR count). The zero-order valence-corrected chi connectivity index (χ0v) is 13.7. The van der Waals surface area contributed by atoms with Crippen LogP contribution in [0.25, 0.3) is 33.2 Å². The largest absolute Gasteiger partial charge is 0.345 e. The second kappa shape index (κ2) is 5.93. The van der Waals surface area contributed by atoms with Crippen molar-refractivity contribution in [2.75, 3.05) is 5.32 Å². The first-order valence-corrected chi connectivity index (χ1v) is 8.24. The van der Waals surface area contributed by atoms with Crippen LogP contribution in [0.3, 0.4) is 0 Å². The number of hydrogen-bond acceptors (Lipinski definition) is 5. The molecule has 0 atom stereocenters. The molecule has 4 aromatic heterocycles. The number of hydrogen-bond donors (Lipinski definition) is 2. The highest BCUT2D eigenvalue weighted by molar-refractivity contribution is 5.92. The highest BCUT2D eigenvalue weighted by Crippen LogP contribution is 2.27. The molecule has 2 N–H and O–H groups in total. The summed E-state index contributed by atoms with van der Waals surface area (Å²) in [5, 5.41) is 5.33. The minimum atomic E-state index is 0.526. The van der Waals surface area contributed by atoms with E-state index in [1.165, 1.54) is 0 Å². The predicted molar refractivity (Wildman–Crippen MR) is 102 cm³/mol. The van der Waals surface area contributed by atoms with Gasteiger partial charge in [0.1, 0.15) is 5.65 Å². The lowest BCUT2D eigenvalue weighted by Gasteiger charge is -2.07. The van der Waals surface area contributed by atoms with Crippen molar-refractivity contribution in [1.29, 1.82) is 0 Å². The molecule has 0 aliphatic heterocycles. The molecule has 124 valence electrons. The summed E-state index contributed by atoms with van der Waals surface area (Å²) in [6.07, 6.45) is 7.21. The Morgan fingerprint density at radius 1 is 0.885 bits per heavy atom. The van der Waals surface area contributed by atoms with Crippen molar-refractivity contribution in [2.45, 2.75) is 0 Å². The van der Waals surface area contributed by atoms with Gasteiger partial charge < -0.3 is 10.3 Å². The maximum absolute atomic E-state index is 4.64. The van der Waals surface area contributed by atoms with Crippen LogP contribution in [0.2, 0.25) is 0 Å². The summed E-state index contributed by atoms with van der Waals surface area (Å²) in [5.74, 6) is 0.526. The monoisotopic (exact) mass is 338 g/mol. The molecular weight excluding hydrogens is 324 g/mol. The summed E-state index contributed by atoms with van der Waals surface area (Å²) in [6, 6.07) is 15.9. The lowest BCUT2D eigenvalue weighted by Crippen LogP contribution is -1.98. The molecule has 0 aliphatic rings. The molecule has 1 aromatic carbocycles. The fraction of sp³-hybridized carbons (Fsp3) is 0. The summed E-state index contributed by atoms with van der Waals surface area (Å²) < 4.78 is 0. The molecule has 5 aromatic rings. The van der Waals surface area contributed by atoms with E-state index in [0.717, 1.165) is 38.9 Å². The number of aromatic nitrogens is 5. The Kier molecular flexibility index (Phi) is 3.31. The van der Waals surface area contributed by atoms with Crippen LogP contribution >= 0.6 is 0 Å². The molecule has 0 saturated heterocycles. The van der Waals surface area contributed by atoms with E-state index in [1.807, 2.05) is 54.7 Å². The van der Waals surface area contributed by atoms with Crippen LogP contribution in [-0.2, 0) is 0 Å². The fourth-order valence-corrected chi connectivity index (χ4v) is 3.01. The van der Waals surface area contributed by atoms with Crippen LogP contribution in [0.5, 0.6) is 0 Å². The van der Waals surface area contributed by atoms with Crippen molar-refractivity contribution in [3.8, 4) is 11.3 Å². The Bertz CT molecular complexity index is 1230. The van der Waals surface area contributed by atoms with Crippen LogP contribution in [0.15, 0.2) is 73.3 Å². The quantitative estimate of drug-likeness (QED) is 0.512. The van der Waals surface area contributed by atoms with Crippen LogP contribution in [0.1, 0.15) is 0 Å². The van der Waals surface area contributed by atoms with Gasteiger partial charge in [-0.05, 0) is 30.3 Å². The Morgan fingerprint density at radius 2 is 1.85 bits per heavy atom. The minimum Gasteiger partial charge on any atom is -0.345 e. The van der Waals surface area contributed by atoms with Gasteiger partial charge in [-0.3, -0.25) is 4.98 Å². The summed E-state index contributed by atoms with van der Waals surface area (Å²) in [7, 11) is 0. The number of fused-ring (bicyclic) bond motifs is 2. The summed E-state index contributed by atoms with van der Waals surface area (Å²) in [4.78, 5) is 20.9. The number of aromatic amines is 1. The first-order chi connectivity index (χ1) is 12.9. The molecule has 0 amide bonds. The maximum atomic E-state index is 4.64. The molecule has 0 spiro atoms. The number of pyridine rings is 2. The van der Waals surface area contributed by atoms with E-state index < -0.39 is 0 Å². The third-order valence-electron chi connectivity index (χ3n) is 4.23. The maximum Gasteiger partial charge on any atom is 0.227 e. The first-order valence-electron chi connectivity index (χ1n) is 8.24. The molecular formula is C20H14N6. The number of nitrogens with one attached hydrogen (secondary N) is 2. The van der Waals surface area contributed by atoms with Gasteiger partial charge in [-0.2, -0.15) is 0 Å². The van der Waals surface area contributed by atoms with Crippen LogP contribution in [0, 0.1) is 0 Å². The highest BCUT2D eigenvalue weighted by atomic mass is 15.1. The van der Waals surface area contributed by atoms with Gasteiger partial charge in [-0.15, -0.1) is 0 Å². The van der Waals surface area contributed by atoms with Crippen LogP contribution < -0.4 is 5.32 Å². The van der Waals surface area contributed by atoms with Gasteiger partial charge in [0.25, 0.3) is 0 Å². The zero-order chi connectivity index (χ0) is 17.3. The van der Waals surface area contributed by atoms with Crippen molar-refractivity contribution < 1.29 is 0 Å². The van der Waals surface area contributed by atoms with Gasteiger partial charge in [-0.25, -0.2) is 15.0 Å². The Labute approximate surface area is 149 Å². The van der Waals surface area contributed by atoms with Gasteiger partial charge in [0.15, 0.2) is 0 Å². The van der Waals surface area contributed by atoms with Crippen molar-refractivity contribution >= 4 is 33.6 Å². The van der Waals surface area contributed by atoms with E-state index in [2.05, 4.69) is 30.2 Å². The molecule has 26 heavy (non-hydrogen) atoms. The Hall–Kier alpha value is -3.80. The smallest absolute Gasteiger partial charge is 0.227 e. The minimum absolute atomic E-state index is 0.526. The third-order valence-corrected chi connectivity index (χ3v) is 4.23. The van der Waals surface area contributed by atoms with E-state index in [-0.39, 0.29) is 0 Å². The van der Waals surface area contributed by atoms with Gasteiger partial charge in [-0.1, -0.05) is 18.2 Å². The fourth-order valence-electron chi connectivity index (χ4n) is 3.01. The lowest BCUT2D eigenvalue weighted by atomic mass is 10.1. The molecule has 6 heteroatoms. The SMILES string of the molecule is c1ccc2ncc(Nc3nccc(-c4c[nH]c5ncccc45)n3)cc2c1. The third kappa shape index (κ3) is 2.53. The normalized spacial score (nSPS) is 11.1. The van der Waals surface area contributed by atoms with E-state index in [1.54, 1.807) is 18.6 Å².